The average Bonchev–Trinajstić information content (AvgIpc) is 2.72. The van der Waals surface area contributed by atoms with Crippen LogP contribution in [0.25, 0.3) is 0 Å². The van der Waals surface area contributed by atoms with Crippen LogP contribution in [-0.4, -0.2) is 54.8 Å². The van der Waals surface area contributed by atoms with Crippen LogP contribution in [0.1, 0.15) is 10.4 Å². The highest BCUT2D eigenvalue weighted by Crippen LogP contribution is 2.20. The molecule has 0 aromatic heterocycles. The lowest BCUT2D eigenvalue weighted by atomic mass is 10.2. The number of carbonyl (C=O) groups is 2. The van der Waals surface area contributed by atoms with Crippen molar-refractivity contribution in [3.63, 3.8) is 0 Å². The van der Waals surface area contributed by atoms with Gasteiger partial charge in [0.05, 0.1) is 4.92 Å². The van der Waals surface area contributed by atoms with Crippen molar-refractivity contribution in [2.75, 3.05) is 37.7 Å². The standard InChI is InChI=1S/C19H19N3O5/c23-13-15-1-7-18(8-2-15)27-14-19(24)21-11-9-20(10-12-21)16-3-5-17(6-4-16)22(25)26/h1-8,13H,9-12,14H2. The molecule has 140 valence electrons. The van der Waals surface area contributed by atoms with Crippen molar-refractivity contribution < 1.29 is 19.2 Å². The summed E-state index contributed by atoms with van der Waals surface area (Å²) in [5, 5.41) is 10.7. The van der Waals surface area contributed by atoms with E-state index in [2.05, 4.69) is 4.90 Å². The van der Waals surface area contributed by atoms with Crippen molar-refractivity contribution in [1.29, 1.82) is 0 Å². The van der Waals surface area contributed by atoms with Crippen molar-refractivity contribution in [2.45, 2.75) is 0 Å². The number of aldehydes is 1. The predicted molar refractivity (Wildman–Crippen MR) is 99.2 cm³/mol. The first-order valence-corrected chi connectivity index (χ1v) is 8.52. The number of amides is 1. The molecule has 0 bridgehead atoms. The highest BCUT2D eigenvalue weighted by atomic mass is 16.6. The number of carbonyl (C=O) groups excluding carboxylic acids is 2. The summed E-state index contributed by atoms with van der Waals surface area (Å²) in [4.78, 5) is 37.1. The predicted octanol–water partition coefficient (Wildman–Crippen LogP) is 2.13. The maximum absolute atomic E-state index is 12.3. The lowest BCUT2D eigenvalue weighted by Gasteiger charge is -2.36. The maximum Gasteiger partial charge on any atom is 0.269 e. The summed E-state index contributed by atoms with van der Waals surface area (Å²) in [6.07, 6.45) is 0.749. The van der Waals surface area contributed by atoms with Crippen LogP contribution in [-0.2, 0) is 4.79 Å². The molecule has 0 radical (unpaired) electrons. The molecule has 0 saturated carbocycles. The van der Waals surface area contributed by atoms with Crippen molar-refractivity contribution in [3.05, 3.63) is 64.2 Å². The Morgan fingerprint density at radius 1 is 1.04 bits per heavy atom. The molecule has 0 aliphatic carbocycles. The quantitative estimate of drug-likeness (QED) is 0.440. The van der Waals surface area contributed by atoms with Gasteiger partial charge < -0.3 is 14.5 Å². The number of benzene rings is 2. The Hall–Kier alpha value is -3.42. The first-order chi connectivity index (χ1) is 13.1. The van der Waals surface area contributed by atoms with Gasteiger partial charge >= 0.3 is 0 Å². The fourth-order valence-corrected chi connectivity index (χ4v) is 2.88. The number of piperazine rings is 1. The van der Waals surface area contributed by atoms with Crippen LogP contribution < -0.4 is 9.64 Å². The molecule has 2 aromatic carbocycles. The number of rotatable bonds is 6. The second-order valence-corrected chi connectivity index (χ2v) is 6.12. The van der Waals surface area contributed by atoms with E-state index in [-0.39, 0.29) is 18.2 Å². The normalized spacial score (nSPS) is 13.9. The number of nitro benzene ring substituents is 1. The van der Waals surface area contributed by atoms with E-state index >= 15 is 0 Å². The van der Waals surface area contributed by atoms with Crippen molar-refractivity contribution in [3.8, 4) is 5.75 Å². The maximum atomic E-state index is 12.3. The Labute approximate surface area is 156 Å². The van der Waals surface area contributed by atoms with Gasteiger partial charge in [0.15, 0.2) is 6.61 Å². The summed E-state index contributed by atoms with van der Waals surface area (Å²) in [5.41, 5.74) is 1.51. The lowest BCUT2D eigenvalue weighted by molar-refractivity contribution is -0.384. The Balaban J connectivity index is 1.48. The molecule has 1 aliphatic heterocycles. The van der Waals surface area contributed by atoms with E-state index in [0.717, 1.165) is 12.0 Å². The third kappa shape index (κ3) is 4.60. The zero-order valence-corrected chi connectivity index (χ0v) is 14.6. The summed E-state index contributed by atoms with van der Waals surface area (Å²) in [6.45, 7) is 2.36. The molecule has 0 atom stereocenters. The minimum Gasteiger partial charge on any atom is -0.484 e. The zero-order valence-electron chi connectivity index (χ0n) is 14.6. The fraction of sp³-hybridized carbons (Fsp3) is 0.263. The van der Waals surface area contributed by atoms with Gasteiger partial charge in [0, 0.05) is 49.6 Å². The summed E-state index contributed by atoms with van der Waals surface area (Å²) < 4.78 is 5.48. The highest BCUT2D eigenvalue weighted by molar-refractivity contribution is 5.78. The van der Waals surface area contributed by atoms with Gasteiger partial charge in [-0.3, -0.25) is 19.7 Å². The van der Waals surface area contributed by atoms with Gasteiger partial charge in [-0.05, 0) is 36.4 Å². The molecular formula is C19H19N3O5. The molecule has 8 nitrogen and oxygen atoms in total. The Bertz CT molecular complexity index is 812. The molecular weight excluding hydrogens is 350 g/mol. The SMILES string of the molecule is O=Cc1ccc(OCC(=O)N2CCN(c3ccc([N+](=O)[O-])cc3)CC2)cc1. The van der Waals surface area contributed by atoms with Gasteiger partial charge in [0.25, 0.3) is 11.6 Å². The van der Waals surface area contributed by atoms with Gasteiger partial charge in [0.2, 0.25) is 0 Å². The van der Waals surface area contributed by atoms with E-state index < -0.39 is 4.92 Å². The van der Waals surface area contributed by atoms with Crippen LogP contribution >= 0.6 is 0 Å². The molecule has 27 heavy (non-hydrogen) atoms. The van der Waals surface area contributed by atoms with Crippen LogP contribution in [0.5, 0.6) is 5.75 Å². The molecule has 0 spiro atoms. The lowest BCUT2D eigenvalue weighted by Crippen LogP contribution is -2.50. The number of ether oxygens (including phenoxy) is 1. The van der Waals surface area contributed by atoms with E-state index in [9.17, 15) is 19.7 Å². The molecule has 1 amide bonds. The van der Waals surface area contributed by atoms with Crippen LogP contribution in [0.2, 0.25) is 0 Å². The number of nitro groups is 1. The molecule has 2 aromatic rings. The van der Waals surface area contributed by atoms with Crippen LogP contribution in [0, 0.1) is 10.1 Å². The van der Waals surface area contributed by atoms with E-state index in [4.69, 9.17) is 4.74 Å². The second-order valence-electron chi connectivity index (χ2n) is 6.12. The van der Waals surface area contributed by atoms with Crippen LogP contribution in [0.4, 0.5) is 11.4 Å². The number of hydrogen-bond donors (Lipinski definition) is 0. The average molecular weight is 369 g/mol. The molecule has 1 fully saturated rings. The van der Waals surface area contributed by atoms with Crippen molar-refractivity contribution in [1.82, 2.24) is 4.90 Å². The van der Waals surface area contributed by atoms with E-state index in [1.165, 1.54) is 12.1 Å². The number of nitrogens with zero attached hydrogens (tertiary/aromatic N) is 3. The van der Waals surface area contributed by atoms with Gasteiger partial charge in [0.1, 0.15) is 12.0 Å². The number of anilines is 1. The first kappa shape index (κ1) is 18.4. The zero-order chi connectivity index (χ0) is 19.2. The number of hydrogen-bond acceptors (Lipinski definition) is 6. The van der Waals surface area contributed by atoms with Crippen LogP contribution in [0.15, 0.2) is 48.5 Å². The van der Waals surface area contributed by atoms with Crippen molar-refractivity contribution >= 4 is 23.6 Å². The Morgan fingerprint density at radius 2 is 1.67 bits per heavy atom. The fourth-order valence-electron chi connectivity index (χ4n) is 2.88. The Morgan fingerprint density at radius 3 is 2.22 bits per heavy atom. The molecule has 3 rings (SSSR count). The van der Waals surface area contributed by atoms with Crippen LogP contribution in [0.3, 0.4) is 0 Å². The third-order valence-corrected chi connectivity index (χ3v) is 4.44. The van der Waals surface area contributed by atoms with Gasteiger partial charge in [-0.2, -0.15) is 0 Å². The van der Waals surface area contributed by atoms with E-state index in [1.807, 2.05) is 0 Å². The molecule has 0 unspecified atom stereocenters. The van der Waals surface area contributed by atoms with Crippen molar-refractivity contribution in [2.24, 2.45) is 0 Å². The number of non-ortho nitro benzene ring substituents is 1. The largest absolute Gasteiger partial charge is 0.484 e. The van der Waals surface area contributed by atoms with E-state index in [1.54, 1.807) is 41.3 Å². The summed E-state index contributed by atoms with van der Waals surface area (Å²) >= 11 is 0. The molecule has 8 heteroatoms. The summed E-state index contributed by atoms with van der Waals surface area (Å²) in [6, 6.07) is 13.0. The Kier molecular flexibility index (Phi) is 5.65. The first-order valence-electron chi connectivity index (χ1n) is 8.52. The minimum absolute atomic E-state index is 0.0576. The molecule has 0 N–H and O–H groups in total. The van der Waals surface area contributed by atoms with Gasteiger partial charge in [-0.1, -0.05) is 0 Å². The molecule has 1 saturated heterocycles. The summed E-state index contributed by atoms with van der Waals surface area (Å²) in [7, 11) is 0. The van der Waals surface area contributed by atoms with E-state index in [0.29, 0.717) is 37.5 Å². The monoisotopic (exact) mass is 369 g/mol. The third-order valence-electron chi connectivity index (χ3n) is 4.44. The van der Waals surface area contributed by atoms with Gasteiger partial charge in [-0.25, -0.2) is 0 Å². The smallest absolute Gasteiger partial charge is 0.269 e. The molecule has 1 heterocycles. The molecule has 1 aliphatic rings. The highest BCUT2D eigenvalue weighted by Gasteiger charge is 2.22. The summed E-state index contributed by atoms with van der Waals surface area (Å²) in [5.74, 6) is 0.441. The second kappa shape index (κ2) is 8.31. The minimum atomic E-state index is -0.424. The van der Waals surface area contributed by atoms with Gasteiger partial charge in [-0.15, -0.1) is 0 Å². The topological polar surface area (TPSA) is 93.0 Å².